The van der Waals surface area contributed by atoms with Gasteiger partial charge in [0.25, 0.3) is 5.91 Å². The van der Waals surface area contributed by atoms with Gasteiger partial charge in [-0.15, -0.1) is 0 Å². The first-order valence-electron chi connectivity index (χ1n) is 9.13. The highest BCUT2D eigenvalue weighted by atomic mass is 16.2. The number of rotatable bonds is 5. The van der Waals surface area contributed by atoms with Gasteiger partial charge in [-0.05, 0) is 47.9 Å². The Morgan fingerprint density at radius 2 is 1.89 bits per heavy atom. The number of fused-ring (bicyclic) bond motifs is 1. The number of para-hydroxylation sites is 1. The maximum atomic E-state index is 12.6. The van der Waals surface area contributed by atoms with E-state index in [1.807, 2.05) is 53.4 Å². The number of nitrogens with one attached hydrogen (secondary N) is 1. The Morgan fingerprint density at radius 1 is 1.07 bits per heavy atom. The second-order valence-electron chi connectivity index (χ2n) is 6.85. The second-order valence-corrected chi connectivity index (χ2v) is 6.85. The highest BCUT2D eigenvalue weighted by Crippen LogP contribution is 2.23. The standard InChI is InChI=1S/C21H21N5O2/c22-20(27)14-25-10-8-15-6-7-17(12-16(15)13-25)23-21(28)19-9-11-26(24-19)18-4-2-1-3-5-18/h1-7,9,11-12H,8,10,13-14H2,(H2,22,27)(H,23,28). The third-order valence-electron chi connectivity index (χ3n) is 4.78. The maximum Gasteiger partial charge on any atom is 0.276 e. The predicted molar refractivity (Wildman–Crippen MR) is 106 cm³/mol. The highest BCUT2D eigenvalue weighted by molar-refractivity contribution is 6.02. The molecule has 0 radical (unpaired) electrons. The molecule has 142 valence electrons. The lowest BCUT2D eigenvalue weighted by molar-refractivity contribution is -0.119. The molecule has 3 N–H and O–H groups in total. The Bertz CT molecular complexity index is 1010. The number of hydrogen-bond acceptors (Lipinski definition) is 4. The summed E-state index contributed by atoms with van der Waals surface area (Å²) < 4.78 is 1.67. The average Bonchev–Trinajstić information content (AvgIpc) is 3.18. The molecule has 0 bridgehead atoms. The van der Waals surface area contributed by atoms with Crippen molar-refractivity contribution in [2.75, 3.05) is 18.4 Å². The monoisotopic (exact) mass is 375 g/mol. The lowest BCUT2D eigenvalue weighted by Crippen LogP contribution is -2.37. The molecule has 3 aromatic rings. The molecule has 2 aromatic carbocycles. The van der Waals surface area contributed by atoms with E-state index >= 15 is 0 Å². The SMILES string of the molecule is NC(=O)CN1CCc2ccc(NC(=O)c3ccn(-c4ccccc4)n3)cc2C1. The Kier molecular flexibility index (Phi) is 4.90. The van der Waals surface area contributed by atoms with Crippen molar-refractivity contribution in [1.82, 2.24) is 14.7 Å². The van der Waals surface area contributed by atoms with Crippen LogP contribution in [0.3, 0.4) is 0 Å². The molecule has 0 spiro atoms. The van der Waals surface area contributed by atoms with Crippen LogP contribution >= 0.6 is 0 Å². The van der Waals surface area contributed by atoms with Crippen molar-refractivity contribution in [3.63, 3.8) is 0 Å². The van der Waals surface area contributed by atoms with E-state index in [1.54, 1.807) is 16.9 Å². The van der Waals surface area contributed by atoms with Gasteiger partial charge in [0.15, 0.2) is 5.69 Å². The zero-order valence-electron chi connectivity index (χ0n) is 15.3. The maximum absolute atomic E-state index is 12.6. The van der Waals surface area contributed by atoms with E-state index in [4.69, 9.17) is 5.73 Å². The van der Waals surface area contributed by atoms with Gasteiger partial charge in [-0.2, -0.15) is 5.10 Å². The van der Waals surface area contributed by atoms with Gasteiger partial charge < -0.3 is 11.1 Å². The van der Waals surface area contributed by atoms with Crippen molar-refractivity contribution in [2.45, 2.75) is 13.0 Å². The Labute approximate surface area is 162 Å². The van der Waals surface area contributed by atoms with Crippen molar-refractivity contribution in [3.8, 4) is 5.69 Å². The molecule has 0 atom stereocenters. The molecule has 7 nitrogen and oxygen atoms in total. The number of nitrogens with two attached hydrogens (primary N) is 1. The molecule has 7 heteroatoms. The normalized spacial score (nSPS) is 13.7. The lowest BCUT2D eigenvalue weighted by Gasteiger charge is -2.28. The summed E-state index contributed by atoms with van der Waals surface area (Å²) in [5.41, 5.74) is 9.57. The van der Waals surface area contributed by atoms with E-state index in [1.165, 1.54) is 5.56 Å². The number of benzene rings is 2. The summed E-state index contributed by atoms with van der Waals surface area (Å²) in [6.07, 6.45) is 2.62. The summed E-state index contributed by atoms with van der Waals surface area (Å²) in [6.45, 7) is 1.69. The summed E-state index contributed by atoms with van der Waals surface area (Å²) in [7, 11) is 0. The van der Waals surface area contributed by atoms with E-state index in [2.05, 4.69) is 10.4 Å². The number of amides is 2. The molecule has 1 aliphatic rings. The zero-order valence-corrected chi connectivity index (χ0v) is 15.3. The van der Waals surface area contributed by atoms with E-state index in [-0.39, 0.29) is 18.4 Å². The van der Waals surface area contributed by atoms with Crippen LogP contribution < -0.4 is 11.1 Å². The second kappa shape index (κ2) is 7.66. The summed E-state index contributed by atoms with van der Waals surface area (Å²) in [5, 5.41) is 7.26. The van der Waals surface area contributed by atoms with Gasteiger partial charge in [0, 0.05) is 25.0 Å². The van der Waals surface area contributed by atoms with Crippen LogP contribution in [0.15, 0.2) is 60.8 Å². The van der Waals surface area contributed by atoms with Crippen LogP contribution in [0.2, 0.25) is 0 Å². The van der Waals surface area contributed by atoms with Crippen LogP contribution in [-0.2, 0) is 17.8 Å². The van der Waals surface area contributed by atoms with Crippen molar-refractivity contribution in [2.24, 2.45) is 5.73 Å². The minimum absolute atomic E-state index is 0.243. The summed E-state index contributed by atoms with van der Waals surface area (Å²) >= 11 is 0. The number of aromatic nitrogens is 2. The van der Waals surface area contributed by atoms with Gasteiger partial charge in [-0.25, -0.2) is 4.68 Å². The molecule has 4 rings (SSSR count). The van der Waals surface area contributed by atoms with Crippen LogP contribution in [0.1, 0.15) is 21.6 Å². The zero-order chi connectivity index (χ0) is 19.5. The molecule has 0 aliphatic carbocycles. The number of carbonyl (C=O) groups is 2. The third-order valence-corrected chi connectivity index (χ3v) is 4.78. The lowest BCUT2D eigenvalue weighted by atomic mass is 9.99. The average molecular weight is 375 g/mol. The van der Waals surface area contributed by atoms with Crippen molar-refractivity contribution in [1.29, 1.82) is 0 Å². The van der Waals surface area contributed by atoms with Crippen molar-refractivity contribution < 1.29 is 9.59 Å². The largest absolute Gasteiger partial charge is 0.369 e. The predicted octanol–water partition coefficient (Wildman–Crippen LogP) is 1.97. The minimum atomic E-state index is -0.332. The first kappa shape index (κ1) is 17.9. The van der Waals surface area contributed by atoms with Gasteiger partial charge in [0.05, 0.1) is 12.2 Å². The molecule has 0 unspecified atom stereocenters. The summed E-state index contributed by atoms with van der Waals surface area (Å²) in [4.78, 5) is 25.8. The van der Waals surface area contributed by atoms with Crippen LogP contribution in [0.5, 0.6) is 0 Å². The van der Waals surface area contributed by atoms with Gasteiger partial charge in [-0.1, -0.05) is 24.3 Å². The Hall–Kier alpha value is -3.45. The molecule has 28 heavy (non-hydrogen) atoms. The molecule has 1 aromatic heterocycles. The van der Waals surface area contributed by atoms with Crippen molar-refractivity contribution in [3.05, 3.63) is 77.6 Å². The summed E-state index contributed by atoms with van der Waals surface area (Å²) in [6, 6.07) is 17.2. The van der Waals surface area contributed by atoms with E-state index < -0.39 is 0 Å². The van der Waals surface area contributed by atoms with Gasteiger partial charge in [0.1, 0.15) is 0 Å². The molecular formula is C21H21N5O2. The molecule has 2 heterocycles. The highest BCUT2D eigenvalue weighted by Gasteiger charge is 2.18. The number of nitrogens with zero attached hydrogens (tertiary/aromatic N) is 3. The smallest absolute Gasteiger partial charge is 0.276 e. The van der Waals surface area contributed by atoms with E-state index in [9.17, 15) is 9.59 Å². The number of anilines is 1. The van der Waals surface area contributed by atoms with Gasteiger partial charge in [0.2, 0.25) is 5.91 Å². The quantitative estimate of drug-likeness (QED) is 0.713. The van der Waals surface area contributed by atoms with Gasteiger partial charge >= 0.3 is 0 Å². The first-order valence-corrected chi connectivity index (χ1v) is 9.13. The Morgan fingerprint density at radius 3 is 2.68 bits per heavy atom. The number of hydrogen-bond donors (Lipinski definition) is 2. The fourth-order valence-electron chi connectivity index (χ4n) is 3.41. The number of carbonyl (C=O) groups excluding carboxylic acids is 2. The van der Waals surface area contributed by atoms with E-state index in [0.29, 0.717) is 17.9 Å². The fourth-order valence-corrected chi connectivity index (χ4v) is 3.41. The van der Waals surface area contributed by atoms with Gasteiger partial charge in [-0.3, -0.25) is 14.5 Å². The minimum Gasteiger partial charge on any atom is -0.369 e. The summed E-state index contributed by atoms with van der Waals surface area (Å²) in [5.74, 6) is -0.596. The van der Waals surface area contributed by atoms with Crippen LogP contribution in [0.25, 0.3) is 5.69 Å². The molecule has 1 aliphatic heterocycles. The topological polar surface area (TPSA) is 93.3 Å². The first-order chi connectivity index (χ1) is 13.6. The fraction of sp³-hybridized carbons (Fsp3) is 0.190. The molecule has 0 saturated heterocycles. The van der Waals surface area contributed by atoms with E-state index in [0.717, 1.165) is 24.2 Å². The van der Waals surface area contributed by atoms with Crippen LogP contribution in [-0.4, -0.2) is 39.6 Å². The van der Waals surface area contributed by atoms with Crippen LogP contribution in [0, 0.1) is 0 Å². The molecule has 0 fully saturated rings. The van der Waals surface area contributed by atoms with Crippen LogP contribution in [0.4, 0.5) is 5.69 Å². The molecule has 0 saturated carbocycles. The Balaban J connectivity index is 1.47. The third kappa shape index (κ3) is 3.94. The molecule has 2 amide bonds. The van der Waals surface area contributed by atoms with Crippen molar-refractivity contribution >= 4 is 17.5 Å². The number of primary amides is 1. The molecular weight excluding hydrogens is 354 g/mol.